The molecule has 2 aromatic rings. The Labute approximate surface area is 157 Å². The molecule has 2 aromatic heterocycles. The zero-order valence-corrected chi connectivity index (χ0v) is 15.5. The molecule has 2 rings (SSSR count). The second-order valence-corrected chi connectivity index (χ2v) is 6.43. The molecule has 0 aliphatic rings. The summed E-state index contributed by atoms with van der Waals surface area (Å²) in [5.74, 6) is -2.97. The summed E-state index contributed by atoms with van der Waals surface area (Å²) in [7, 11) is 0. The van der Waals surface area contributed by atoms with E-state index < -0.39 is 23.8 Å². The fraction of sp³-hybridized carbons (Fsp3) is 0.312. The van der Waals surface area contributed by atoms with Crippen molar-refractivity contribution < 1.29 is 29.0 Å². The number of esters is 1. The van der Waals surface area contributed by atoms with Gasteiger partial charge in [-0.3, -0.25) is 14.3 Å². The molecule has 0 aliphatic heterocycles. The second kappa shape index (κ2) is 8.45. The van der Waals surface area contributed by atoms with Gasteiger partial charge in [-0.25, -0.2) is 9.59 Å². The number of anilines is 1. The lowest BCUT2D eigenvalue weighted by atomic mass is 10.1. The fourth-order valence-corrected chi connectivity index (χ4v) is 3.35. The topological polar surface area (TPSA) is 154 Å². The lowest BCUT2D eigenvalue weighted by Crippen LogP contribution is -2.17. The van der Waals surface area contributed by atoms with Crippen molar-refractivity contribution in [2.45, 2.75) is 26.8 Å². The van der Waals surface area contributed by atoms with Gasteiger partial charge in [0.05, 0.1) is 17.0 Å². The van der Waals surface area contributed by atoms with Crippen molar-refractivity contribution in [1.82, 2.24) is 9.78 Å². The summed E-state index contributed by atoms with van der Waals surface area (Å²) < 4.78 is 6.30. The molecular weight excluding hydrogens is 376 g/mol. The molecule has 0 bridgehead atoms. The molecule has 0 saturated heterocycles. The Morgan fingerprint density at radius 3 is 2.63 bits per heavy atom. The number of primary amides is 1. The van der Waals surface area contributed by atoms with Gasteiger partial charge < -0.3 is 20.9 Å². The smallest absolute Gasteiger partial charge is 0.356 e. The summed E-state index contributed by atoms with van der Waals surface area (Å²) >= 11 is 0.899. The molecule has 0 unspecified atom stereocenters. The molecule has 2 heterocycles. The molecule has 0 atom stereocenters. The Kier molecular flexibility index (Phi) is 6.29. The monoisotopic (exact) mass is 394 g/mol. The molecule has 0 saturated carbocycles. The number of carboxylic acids is 1. The first-order chi connectivity index (χ1) is 12.7. The van der Waals surface area contributed by atoms with Crippen LogP contribution in [0.4, 0.5) is 5.00 Å². The van der Waals surface area contributed by atoms with E-state index in [2.05, 4.69) is 10.4 Å². The Hall–Kier alpha value is -3.21. The van der Waals surface area contributed by atoms with E-state index in [1.54, 1.807) is 13.8 Å². The molecule has 2 amide bonds. The van der Waals surface area contributed by atoms with Gasteiger partial charge in [0.2, 0.25) is 5.91 Å². The summed E-state index contributed by atoms with van der Waals surface area (Å²) in [4.78, 5) is 46.9. The minimum atomic E-state index is -1.16. The summed E-state index contributed by atoms with van der Waals surface area (Å²) in [5.41, 5.74) is 5.63. The third-order valence-electron chi connectivity index (χ3n) is 3.53. The molecule has 4 N–H and O–H groups in total. The van der Waals surface area contributed by atoms with Crippen LogP contribution in [0, 0.1) is 6.92 Å². The number of aromatic nitrogens is 2. The van der Waals surface area contributed by atoms with Crippen molar-refractivity contribution in [1.29, 1.82) is 0 Å². The van der Waals surface area contributed by atoms with Gasteiger partial charge in [0.25, 0.3) is 5.91 Å². The molecule has 27 heavy (non-hydrogen) atoms. The van der Waals surface area contributed by atoms with Crippen LogP contribution in [0.2, 0.25) is 0 Å². The van der Waals surface area contributed by atoms with E-state index in [-0.39, 0.29) is 40.7 Å². The van der Waals surface area contributed by atoms with Gasteiger partial charge in [0.15, 0.2) is 5.69 Å². The molecular formula is C16H18N4O6S. The Morgan fingerprint density at radius 2 is 2.07 bits per heavy atom. The average molecular weight is 394 g/mol. The van der Waals surface area contributed by atoms with E-state index in [9.17, 15) is 19.2 Å². The number of nitrogens with two attached hydrogens (primary N) is 1. The number of hydrogen-bond acceptors (Lipinski definition) is 7. The summed E-state index contributed by atoms with van der Waals surface area (Å²) in [6, 6.07) is 1.32. The van der Waals surface area contributed by atoms with Crippen LogP contribution in [-0.2, 0) is 16.1 Å². The minimum absolute atomic E-state index is 0.0220. The number of amides is 2. The normalized spacial score (nSPS) is 10.4. The minimum Gasteiger partial charge on any atom is -0.476 e. The number of nitrogens with zero attached hydrogens (tertiary/aromatic N) is 2. The number of nitrogens with one attached hydrogen (secondary N) is 1. The van der Waals surface area contributed by atoms with Gasteiger partial charge in [-0.15, -0.1) is 11.3 Å². The van der Waals surface area contributed by atoms with Crippen LogP contribution in [0.1, 0.15) is 49.4 Å². The van der Waals surface area contributed by atoms with E-state index in [0.29, 0.717) is 5.56 Å². The molecule has 10 nitrogen and oxygen atoms in total. The molecule has 0 fully saturated rings. The standard InChI is InChI=1S/C16H18N4O6S/c1-3-26-16(25)11-8(2)12(13(17)22)27-14(11)18-10(21)5-7-20-6-4-9(19-20)15(23)24/h4,6H,3,5,7H2,1-2H3,(H2,17,22)(H,18,21)(H,23,24). The number of carbonyl (C=O) groups is 4. The number of ether oxygens (including phenoxy) is 1. The highest BCUT2D eigenvalue weighted by molar-refractivity contribution is 7.18. The lowest BCUT2D eigenvalue weighted by molar-refractivity contribution is -0.116. The summed E-state index contributed by atoms with van der Waals surface area (Å²) in [6.07, 6.45) is 1.42. The maximum Gasteiger partial charge on any atom is 0.356 e. The summed E-state index contributed by atoms with van der Waals surface area (Å²) in [6.45, 7) is 3.47. The zero-order valence-electron chi connectivity index (χ0n) is 14.6. The third-order valence-corrected chi connectivity index (χ3v) is 4.75. The van der Waals surface area contributed by atoms with Crippen LogP contribution in [0.15, 0.2) is 12.3 Å². The van der Waals surface area contributed by atoms with Gasteiger partial charge in [-0.05, 0) is 25.5 Å². The molecule has 0 aromatic carbocycles. The number of aromatic carboxylic acids is 1. The Balaban J connectivity index is 2.13. The van der Waals surface area contributed by atoms with Crippen LogP contribution in [0.3, 0.4) is 0 Å². The van der Waals surface area contributed by atoms with Gasteiger partial charge in [-0.2, -0.15) is 5.10 Å². The molecule has 0 spiro atoms. The van der Waals surface area contributed by atoms with Crippen LogP contribution >= 0.6 is 11.3 Å². The maximum absolute atomic E-state index is 12.2. The van der Waals surface area contributed by atoms with E-state index in [1.165, 1.54) is 16.9 Å². The van der Waals surface area contributed by atoms with Crippen molar-refractivity contribution in [2.75, 3.05) is 11.9 Å². The van der Waals surface area contributed by atoms with E-state index in [1.807, 2.05) is 0 Å². The molecule has 144 valence electrons. The Bertz CT molecular complexity index is 901. The van der Waals surface area contributed by atoms with Crippen molar-refractivity contribution in [2.24, 2.45) is 5.73 Å². The van der Waals surface area contributed by atoms with E-state index in [4.69, 9.17) is 15.6 Å². The average Bonchev–Trinajstić information content (AvgIpc) is 3.18. The lowest BCUT2D eigenvalue weighted by Gasteiger charge is -2.07. The van der Waals surface area contributed by atoms with Gasteiger partial charge in [-0.1, -0.05) is 0 Å². The highest BCUT2D eigenvalue weighted by Crippen LogP contribution is 2.33. The summed E-state index contributed by atoms with van der Waals surface area (Å²) in [5, 5.41) is 15.4. The number of rotatable bonds is 8. The van der Waals surface area contributed by atoms with Crippen molar-refractivity contribution >= 4 is 40.1 Å². The third kappa shape index (κ3) is 4.70. The van der Waals surface area contributed by atoms with Crippen molar-refractivity contribution in [3.8, 4) is 0 Å². The first kappa shape index (κ1) is 20.1. The number of hydrogen-bond donors (Lipinski definition) is 3. The number of carbonyl (C=O) groups excluding carboxylic acids is 3. The van der Waals surface area contributed by atoms with Gasteiger partial charge in [0, 0.05) is 19.2 Å². The number of carboxylic acid groups (broad SMARTS) is 1. The van der Waals surface area contributed by atoms with Gasteiger partial charge in [0.1, 0.15) is 5.00 Å². The van der Waals surface area contributed by atoms with Crippen LogP contribution < -0.4 is 11.1 Å². The van der Waals surface area contributed by atoms with Crippen LogP contribution in [0.25, 0.3) is 0 Å². The molecule has 11 heteroatoms. The first-order valence-corrected chi connectivity index (χ1v) is 8.73. The number of aryl methyl sites for hydroxylation is 1. The van der Waals surface area contributed by atoms with Crippen molar-refractivity contribution in [3.63, 3.8) is 0 Å². The van der Waals surface area contributed by atoms with Crippen LogP contribution in [0.5, 0.6) is 0 Å². The van der Waals surface area contributed by atoms with Crippen molar-refractivity contribution in [3.05, 3.63) is 34.0 Å². The number of thiophene rings is 1. The first-order valence-electron chi connectivity index (χ1n) is 7.91. The highest BCUT2D eigenvalue weighted by Gasteiger charge is 2.25. The largest absolute Gasteiger partial charge is 0.476 e. The predicted octanol–water partition coefficient (Wildman–Crippen LogP) is 1.26. The fourth-order valence-electron chi connectivity index (χ4n) is 2.29. The quantitative estimate of drug-likeness (QED) is 0.569. The van der Waals surface area contributed by atoms with Gasteiger partial charge >= 0.3 is 11.9 Å². The Morgan fingerprint density at radius 1 is 1.37 bits per heavy atom. The van der Waals surface area contributed by atoms with E-state index in [0.717, 1.165) is 11.3 Å². The van der Waals surface area contributed by atoms with E-state index >= 15 is 0 Å². The molecule has 0 aliphatic carbocycles. The zero-order chi connectivity index (χ0) is 20.1. The van der Waals surface area contributed by atoms with Crippen LogP contribution in [-0.4, -0.2) is 45.2 Å². The SMILES string of the molecule is CCOC(=O)c1c(NC(=O)CCn2ccc(C(=O)O)n2)sc(C(N)=O)c1C. The predicted molar refractivity (Wildman–Crippen MR) is 96.0 cm³/mol. The second-order valence-electron chi connectivity index (χ2n) is 5.41. The molecule has 0 radical (unpaired) electrons. The maximum atomic E-state index is 12.2. The highest BCUT2D eigenvalue weighted by atomic mass is 32.1.